The van der Waals surface area contributed by atoms with Crippen molar-refractivity contribution in [3.8, 4) is 5.69 Å². The molecule has 0 radical (unpaired) electrons. The van der Waals surface area contributed by atoms with Gasteiger partial charge in [0.25, 0.3) is 0 Å². The molecule has 1 aliphatic carbocycles. The predicted octanol–water partition coefficient (Wildman–Crippen LogP) is 8.33. The van der Waals surface area contributed by atoms with Crippen molar-refractivity contribution < 1.29 is 0 Å². The van der Waals surface area contributed by atoms with E-state index in [9.17, 15) is 0 Å². The maximum atomic E-state index is 2.49. The van der Waals surface area contributed by atoms with Gasteiger partial charge in [-0.25, -0.2) is 0 Å². The maximum absolute atomic E-state index is 2.49. The smallest absolute Gasteiger partial charge is 0.0548 e. The van der Waals surface area contributed by atoms with Gasteiger partial charge in [-0.05, 0) is 48.9 Å². The van der Waals surface area contributed by atoms with E-state index in [1.165, 1.54) is 55.0 Å². The van der Waals surface area contributed by atoms with Crippen LogP contribution >= 0.6 is 0 Å². The van der Waals surface area contributed by atoms with Gasteiger partial charge in [-0.3, -0.25) is 0 Å². The maximum Gasteiger partial charge on any atom is 0.0548 e. The average molecular weight is 425 g/mol. The van der Waals surface area contributed by atoms with Crippen molar-refractivity contribution in [1.29, 1.82) is 0 Å². The zero-order valence-electron chi connectivity index (χ0n) is 18.6. The first kappa shape index (κ1) is 18.5. The van der Waals surface area contributed by atoms with Gasteiger partial charge in [0.15, 0.2) is 0 Å². The number of hydrogen-bond acceptors (Lipinski definition) is 0. The molecule has 0 saturated carbocycles. The molecule has 2 aromatic heterocycles. The lowest BCUT2D eigenvalue weighted by Gasteiger charge is -2.20. The van der Waals surface area contributed by atoms with Crippen LogP contribution in [-0.2, 0) is 0 Å². The number of hydrogen-bond donors (Lipinski definition) is 0. The van der Waals surface area contributed by atoms with Crippen LogP contribution in [0.4, 0.5) is 0 Å². The SMILES string of the molecule is CC1CC=CC=C1n1c2ccccc2c2cc3c(cc21)c1ccccc1n3-c1ccccc1. The largest absolute Gasteiger partial charge is 0.313 e. The van der Waals surface area contributed by atoms with Gasteiger partial charge in [-0.1, -0.05) is 73.7 Å². The van der Waals surface area contributed by atoms with Gasteiger partial charge >= 0.3 is 0 Å². The number of nitrogens with zero attached hydrogens (tertiary/aromatic N) is 2. The summed E-state index contributed by atoms with van der Waals surface area (Å²) in [5.74, 6) is 0.482. The van der Waals surface area contributed by atoms with Crippen molar-refractivity contribution >= 4 is 49.3 Å². The van der Waals surface area contributed by atoms with Crippen molar-refractivity contribution in [1.82, 2.24) is 9.13 Å². The first-order valence-corrected chi connectivity index (χ1v) is 11.7. The number of para-hydroxylation sites is 3. The van der Waals surface area contributed by atoms with Crippen LogP contribution in [-0.4, -0.2) is 9.13 Å². The molecule has 1 atom stereocenters. The molecule has 2 heterocycles. The Balaban J connectivity index is 1.68. The Hall–Kier alpha value is -4.04. The van der Waals surface area contributed by atoms with E-state index in [0.29, 0.717) is 5.92 Å². The third kappa shape index (κ3) is 2.61. The predicted molar refractivity (Wildman–Crippen MR) is 141 cm³/mol. The molecule has 7 rings (SSSR count). The van der Waals surface area contributed by atoms with Crippen LogP contribution in [0.15, 0.2) is 109 Å². The number of rotatable bonds is 2. The van der Waals surface area contributed by atoms with Crippen molar-refractivity contribution in [2.45, 2.75) is 13.3 Å². The van der Waals surface area contributed by atoms with E-state index < -0.39 is 0 Å². The summed E-state index contributed by atoms with van der Waals surface area (Å²) in [5, 5.41) is 5.20. The Morgan fingerprint density at radius 1 is 0.606 bits per heavy atom. The second-order valence-corrected chi connectivity index (χ2v) is 9.08. The highest BCUT2D eigenvalue weighted by molar-refractivity contribution is 6.19. The lowest BCUT2D eigenvalue weighted by molar-refractivity contribution is 0.725. The zero-order valence-corrected chi connectivity index (χ0v) is 18.6. The molecule has 4 aromatic carbocycles. The molecule has 0 spiro atoms. The molecule has 0 N–H and O–H groups in total. The van der Waals surface area contributed by atoms with Crippen LogP contribution in [0.2, 0.25) is 0 Å². The van der Waals surface area contributed by atoms with E-state index in [4.69, 9.17) is 0 Å². The zero-order chi connectivity index (χ0) is 21.9. The van der Waals surface area contributed by atoms with Crippen LogP contribution < -0.4 is 0 Å². The standard InChI is InChI=1S/C31H24N2/c1-21-11-5-8-16-27(21)33-29-18-10-7-15-24(29)26-19-30-25(20-31(26)33)23-14-6-9-17-28(23)32(30)22-12-3-2-4-13-22/h2-10,12-21H,11H2,1H3. The highest BCUT2D eigenvalue weighted by Gasteiger charge is 2.21. The van der Waals surface area contributed by atoms with Crippen LogP contribution in [0.5, 0.6) is 0 Å². The second-order valence-electron chi connectivity index (χ2n) is 9.08. The van der Waals surface area contributed by atoms with Crippen LogP contribution in [0.3, 0.4) is 0 Å². The average Bonchev–Trinajstić information content (AvgIpc) is 3.36. The minimum Gasteiger partial charge on any atom is -0.313 e. The molecule has 0 fully saturated rings. The van der Waals surface area contributed by atoms with Crippen molar-refractivity contribution in [3.63, 3.8) is 0 Å². The van der Waals surface area contributed by atoms with Crippen LogP contribution in [0.25, 0.3) is 55.0 Å². The van der Waals surface area contributed by atoms with Gasteiger partial charge in [0.05, 0.1) is 22.1 Å². The Morgan fingerprint density at radius 2 is 1.18 bits per heavy atom. The summed E-state index contributed by atoms with van der Waals surface area (Å²) in [6.07, 6.45) is 7.84. The highest BCUT2D eigenvalue weighted by atomic mass is 15.0. The second kappa shape index (κ2) is 6.98. The van der Waals surface area contributed by atoms with Crippen molar-refractivity contribution in [2.75, 3.05) is 0 Å². The molecule has 158 valence electrons. The number of allylic oxidation sites excluding steroid dienone is 4. The summed E-state index contributed by atoms with van der Waals surface area (Å²) in [6.45, 7) is 2.33. The summed E-state index contributed by atoms with van der Waals surface area (Å²) in [7, 11) is 0. The molecule has 0 bridgehead atoms. The Labute approximate surface area is 192 Å². The van der Waals surface area contributed by atoms with E-state index in [-0.39, 0.29) is 0 Å². The van der Waals surface area contributed by atoms with E-state index in [2.05, 4.69) is 125 Å². The van der Waals surface area contributed by atoms with Crippen LogP contribution in [0, 0.1) is 5.92 Å². The summed E-state index contributed by atoms with van der Waals surface area (Å²) in [4.78, 5) is 0. The summed E-state index contributed by atoms with van der Waals surface area (Å²) >= 11 is 0. The molecule has 2 nitrogen and oxygen atoms in total. The topological polar surface area (TPSA) is 9.86 Å². The Morgan fingerprint density at radius 3 is 1.85 bits per heavy atom. The summed E-state index contributed by atoms with van der Waals surface area (Å²) in [6, 6.07) is 33.1. The molecular weight excluding hydrogens is 400 g/mol. The lowest BCUT2D eigenvalue weighted by Crippen LogP contribution is -2.07. The van der Waals surface area contributed by atoms with Gasteiger partial charge in [0, 0.05) is 38.8 Å². The number of benzene rings is 4. The molecular formula is C31H24N2. The van der Waals surface area contributed by atoms with Gasteiger partial charge in [0.1, 0.15) is 0 Å². The number of aromatic nitrogens is 2. The van der Waals surface area contributed by atoms with Gasteiger partial charge in [-0.2, -0.15) is 0 Å². The molecule has 6 aromatic rings. The molecule has 2 heteroatoms. The van der Waals surface area contributed by atoms with Gasteiger partial charge < -0.3 is 9.13 Å². The fraction of sp³-hybridized carbons (Fsp3) is 0.0968. The molecule has 1 aliphatic rings. The molecule has 0 amide bonds. The molecule has 0 saturated heterocycles. The van der Waals surface area contributed by atoms with E-state index in [1.807, 2.05) is 0 Å². The monoisotopic (exact) mass is 424 g/mol. The van der Waals surface area contributed by atoms with Crippen molar-refractivity contribution in [3.05, 3.63) is 109 Å². The van der Waals surface area contributed by atoms with Gasteiger partial charge in [-0.15, -0.1) is 0 Å². The lowest BCUT2D eigenvalue weighted by atomic mass is 9.98. The Kier molecular flexibility index (Phi) is 3.92. The van der Waals surface area contributed by atoms with E-state index in [1.54, 1.807) is 0 Å². The third-order valence-corrected chi connectivity index (χ3v) is 7.14. The summed E-state index contributed by atoms with van der Waals surface area (Å²) in [5.41, 5.74) is 7.63. The van der Waals surface area contributed by atoms with Gasteiger partial charge in [0.2, 0.25) is 0 Å². The van der Waals surface area contributed by atoms with E-state index in [0.717, 1.165) is 6.42 Å². The number of fused-ring (bicyclic) bond motifs is 6. The Bertz CT molecular complexity index is 1740. The highest BCUT2D eigenvalue weighted by Crippen LogP contribution is 2.40. The first-order chi connectivity index (χ1) is 16.3. The molecule has 33 heavy (non-hydrogen) atoms. The van der Waals surface area contributed by atoms with Crippen molar-refractivity contribution in [2.24, 2.45) is 5.92 Å². The van der Waals surface area contributed by atoms with Crippen LogP contribution in [0.1, 0.15) is 13.3 Å². The quantitative estimate of drug-likeness (QED) is 0.264. The molecule has 1 unspecified atom stereocenters. The normalized spacial score (nSPS) is 16.3. The fourth-order valence-electron chi connectivity index (χ4n) is 5.59. The third-order valence-electron chi connectivity index (χ3n) is 7.14. The minimum absolute atomic E-state index is 0.482. The summed E-state index contributed by atoms with van der Waals surface area (Å²) < 4.78 is 4.90. The van der Waals surface area contributed by atoms with E-state index >= 15 is 0 Å². The fourth-order valence-corrected chi connectivity index (χ4v) is 5.59. The molecule has 0 aliphatic heterocycles. The minimum atomic E-state index is 0.482. The first-order valence-electron chi connectivity index (χ1n) is 11.7.